The molecule has 0 aliphatic carbocycles. The number of aliphatic carboxylic acids is 1. The summed E-state index contributed by atoms with van der Waals surface area (Å²) in [6.45, 7) is 5.01. The number of aromatic hydroxyl groups is 1. The van der Waals surface area contributed by atoms with Gasteiger partial charge in [0.25, 0.3) is 0 Å². The Bertz CT molecular complexity index is 1590. The van der Waals surface area contributed by atoms with Gasteiger partial charge >= 0.3 is 5.97 Å². The number of phenolic OH excluding ortho intramolecular Hbond substituents is 1. The maximum Gasteiger partial charge on any atom is 0.303 e. The van der Waals surface area contributed by atoms with Gasteiger partial charge < -0.3 is 63.8 Å². The maximum absolute atomic E-state index is 13.5. The minimum Gasteiger partial charge on any atom is -0.508 e. The summed E-state index contributed by atoms with van der Waals surface area (Å²) >= 11 is 4.02. The molecule has 2 saturated heterocycles. The fraction of sp³-hybridized carbons (Fsp3) is 0.675. The van der Waals surface area contributed by atoms with Crippen LogP contribution in [0.4, 0.5) is 0 Å². The number of amides is 6. The van der Waals surface area contributed by atoms with Crippen molar-refractivity contribution < 1.29 is 43.8 Å². The number of carbonyl (C=O) groups is 7. The van der Waals surface area contributed by atoms with Crippen molar-refractivity contribution in [1.82, 2.24) is 58.5 Å². The van der Waals surface area contributed by atoms with E-state index in [1.54, 1.807) is 12.1 Å². The third-order valence-electron chi connectivity index (χ3n) is 10.3. The lowest BCUT2D eigenvalue weighted by Gasteiger charge is -2.41. The third kappa shape index (κ3) is 20.5. The van der Waals surface area contributed by atoms with Gasteiger partial charge in [0.1, 0.15) is 29.2 Å². The molecule has 1 unspecified atom stereocenters. The molecule has 15 N–H and O–H groups in total. The smallest absolute Gasteiger partial charge is 0.303 e. The highest BCUT2D eigenvalue weighted by molar-refractivity contribution is 7.80. The Hall–Kier alpha value is -4.58. The molecule has 6 amide bonds. The second-order valence-electron chi connectivity index (χ2n) is 15.7. The summed E-state index contributed by atoms with van der Waals surface area (Å²) < 4.78 is 0. The molecule has 2 bridgehead atoms. The van der Waals surface area contributed by atoms with Crippen LogP contribution in [0.3, 0.4) is 0 Å². The van der Waals surface area contributed by atoms with Gasteiger partial charge in [-0.15, -0.1) is 0 Å². The lowest BCUT2D eigenvalue weighted by molar-refractivity contribution is -0.137. The van der Waals surface area contributed by atoms with Crippen LogP contribution in [0.1, 0.15) is 69.8 Å². The summed E-state index contributed by atoms with van der Waals surface area (Å²) in [5, 5.41) is 53.8. The molecule has 2 fully saturated rings. The standard InChI is InChI=1S/C40H68N12O9S/c41-37(60)31(23-62)50-32(54)6-2-1-3-15-46-38(61)30(22-28-11-13-29(53)14-12-28)49-33(55)7-4-8-34(56)51-39-24-42-16-18-44-26-40(48-21-20-47-39,27-45-19-17-43-25-39)52-35(57)9-5-10-36(58)59/h11-14,30-31,42-45,47-48,53,62H,1-10,15-27H2,(H2,41,60)(H,46,61)(H,49,55)(H,50,54)(H,51,56)(H,52,57)(H,58,59)/t30?,31-,39?,40?/m0/s1. The third-order valence-corrected chi connectivity index (χ3v) is 10.7. The van der Waals surface area contributed by atoms with Gasteiger partial charge in [0, 0.05) is 116 Å². The van der Waals surface area contributed by atoms with E-state index >= 15 is 0 Å². The first-order valence-corrected chi connectivity index (χ1v) is 22.1. The van der Waals surface area contributed by atoms with Crippen molar-refractivity contribution in [2.24, 2.45) is 5.73 Å². The molecule has 0 radical (unpaired) electrons. The number of nitrogens with one attached hydrogen (secondary N) is 11. The van der Waals surface area contributed by atoms with Crippen molar-refractivity contribution in [3.63, 3.8) is 0 Å². The minimum absolute atomic E-state index is 0.0129. The molecule has 2 aliphatic heterocycles. The van der Waals surface area contributed by atoms with Gasteiger partial charge in [0.15, 0.2) is 0 Å². The Labute approximate surface area is 368 Å². The van der Waals surface area contributed by atoms with Crippen LogP contribution >= 0.6 is 12.6 Å². The number of nitrogens with two attached hydrogens (primary N) is 1. The molecular weight excluding hydrogens is 825 g/mol. The highest BCUT2D eigenvalue weighted by atomic mass is 32.1. The minimum atomic E-state index is -0.953. The molecular formula is C40H68N12O9S. The van der Waals surface area contributed by atoms with E-state index in [0.717, 1.165) is 5.56 Å². The van der Waals surface area contributed by atoms with E-state index in [4.69, 9.17) is 10.8 Å². The first-order chi connectivity index (χ1) is 29.7. The van der Waals surface area contributed by atoms with Crippen LogP contribution in [0.5, 0.6) is 5.75 Å². The number of unbranched alkanes of at least 4 members (excludes halogenated alkanes) is 2. The zero-order valence-electron chi connectivity index (χ0n) is 35.5. The van der Waals surface area contributed by atoms with Crippen LogP contribution in [0, 0.1) is 0 Å². The average molecular weight is 893 g/mol. The van der Waals surface area contributed by atoms with Gasteiger partial charge in [-0.25, -0.2) is 0 Å². The number of thiol groups is 1. The molecule has 2 atom stereocenters. The maximum atomic E-state index is 13.5. The number of benzene rings is 1. The molecule has 21 nitrogen and oxygen atoms in total. The Morgan fingerprint density at radius 2 is 1.10 bits per heavy atom. The van der Waals surface area contributed by atoms with Gasteiger partial charge in [-0.05, 0) is 43.4 Å². The Morgan fingerprint density at radius 1 is 0.629 bits per heavy atom. The van der Waals surface area contributed by atoms with Crippen LogP contribution in [0.15, 0.2) is 24.3 Å². The summed E-state index contributed by atoms with van der Waals surface area (Å²) in [6, 6.07) is 4.57. The predicted octanol–water partition coefficient (Wildman–Crippen LogP) is -3.39. The van der Waals surface area contributed by atoms with E-state index in [9.17, 15) is 38.7 Å². The molecule has 0 saturated carbocycles. The number of primary amides is 1. The van der Waals surface area contributed by atoms with Crippen LogP contribution < -0.4 is 64.2 Å². The van der Waals surface area contributed by atoms with E-state index in [1.165, 1.54) is 12.1 Å². The highest BCUT2D eigenvalue weighted by Crippen LogP contribution is 2.13. The number of fused-ring (bicyclic) bond motifs is 5. The van der Waals surface area contributed by atoms with E-state index < -0.39 is 47.1 Å². The van der Waals surface area contributed by atoms with Crippen molar-refractivity contribution in [3.05, 3.63) is 29.8 Å². The van der Waals surface area contributed by atoms with E-state index in [1.807, 2.05) is 0 Å². The lowest BCUT2D eigenvalue weighted by Crippen LogP contribution is -2.73. The molecule has 1 aromatic carbocycles. The van der Waals surface area contributed by atoms with Crippen molar-refractivity contribution in [2.75, 3.05) is 77.7 Å². The Morgan fingerprint density at radius 3 is 1.58 bits per heavy atom. The van der Waals surface area contributed by atoms with Gasteiger partial charge in [0.05, 0.1) is 0 Å². The second-order valence-corrected chi connectivity index (χ2v) is 16.1. The largest absolute Gasteiger partial charge is 0.508 e. The number of rotatable bonds is 23. The summed E-state index contributed by atoms with van der Waals surface area (Å²) in [7, 11) is 0. The predicted molar refractivity (Wildman–Crippen MR) is 235 cm³/mol. The summed E-state index contributed by atoms with van der Waals surface area (Å²) in [4.78, 5) is 87.4. The zero-order valence-corrected chi connectivity index (χ0v) is 36.4. The number of carbonyl (C=O) groups excluding carboxylic acids is 6. The molecule has 2 aliphatic rings. The Balaban J connectivity index is 1.54. The average Bonchev–Trinajstić information content (AvgIpc) is 3.21. The topological polar surface area (TPSA) is 318 Å². The van der Waals surface area contributed by atoms with Crippen LogP contribution in [-0.2, 0) is 40.0 Å². The molecule has 0 aromatic heterocycles. The van der Waals surface area contributed by atoms with Gasteiger partial charge in [0.2, 0.25) is 35.4 Å². The molecule has 1 aromatic rings. The number of hydrogen-bond donors (Lipinski definition) is 15. The van der Waals surface area contributed by atoms with E-state index in [2.05, 4.69) is 71.1 Å². The summed E-state index contributed by atoms with van der Waals surface area (Å²) in [5.41, 5.74) is 4.21. The first-order valence-electron chi connectivity index (χ1n) is 21.4. The number of carboxylic acids is 1. The highest BCUT2D eigenvalue weighted by Gasteiger charge is 2.35. The fourth-order valence-corrected chi connectivity index (χ4v) is 7.28. The SMILES string of the molecule is NC(=O)[C@H](CS)NC(=O)CCCCCNC(=O)C(Cc1ccc(O)cc1)NC(=O)CCCC(=O)NC12CNCCNCC(NC(=O)CCCC(=O)O)(CNCCNC1)NCCN2. The molecule has 2 heterocycles. The molecule has 22 heteroatoms. The van der Waals surface area contributed by atoms with Crippen LogP contribution in [0.2, 0.25) is 0 Å². The zero-order chi connectivity index (χ0) is 45.2. The van der Waals surface area contributed by atoms with Gasteiger partial charge in [-0.2, -0.15) is 12.6 Å². The first kappa shape index (κ1) is 51.8. The fourth-order valence-electron chi connectivity index (χ4n) is 7.01. The number of carboxylic acid groups (broad SMARTS) is 1. The molecule has 62 heavy (non-hydrogen) atoms. The van der Waals surface area contributed by atoms with Gasteiger partial charge in [-0.1, -0.05) is 18.6 Å². The molecule has 3 rings (SSSR count). The van der Waals surface area contributed by atoms with Crippen molar-refractivity contribution >= 4 is 54.0 Å². The second kappa shape index (κ2) is 28.2. The number of phenols is 1. The van der Waals surface area contributed by atoms with Crippen LogP contribution in [0.25, 0.3) is 0 Å². The lowest BCUT2D eigenvalue weighted by atomic mass is 10.0. The normalized spacial score (nSPS) is 20.8. The van der Waals surface area contributed by atoms with Gasteiger partial charge in [-0.3, -0.25) is 44.2 Å². The van der Waals surface area contributed by atoms with E-state index in [0.29, 0.717) is 91.3 Å². The van der Waals surface area contributed by atoms with E-state index in [-0.39, 0.29) is 80.6 Å². The Kier molecular flexibility index (Phi) is 23.5. The monoisotopic (exact) mass is 892 g/mol. The molecule has 0 spiro atoms. The van der Waals surface area contributed by atoms with Crippen molar-refractivity contribution in [3.8, 4) is 5.75 Å². The van der Waals surface area contributed by atoms with Crippen molar-refractivity contribution in [2.45, 2.75) is 94.0 Å². The van der Waals surface area contributed by atoms with Crippen LogP contribution in [-0.4, -0.2) is 153 Å². The summed E-state index contributed by atoms with van der Waals surface area (Å²) in [5.74, 6) is -3.09. The summed E-state index contributed by atoms with van der Waals surface area (Å²) in [6.07, 6.45) is 2.53. The molecule has 348 valence electrons. The number of hydrogen-bond acceptors (Lipinski definition) is 15. The quantitative estimate of drug-likeness (QED) is 0.0377. The van der Waals surface area contributed by atoms with Crippen molar-refractivity contribution in [1.29, 1.82) is 0 Å².